The van der Waals surface area contributed by atoms with Gasteiger partial charge in [-0.1, -0.05) is 37.3 Å². The standard InChI is InChI=1S/C31H38FN3O5Si/c1-20-29(41(2,3)32)26(17-28(38)33-14-7-10-23(33)19-36)40-31(20)24-11-4-5-12-25(24)35(30(31)39)18-21-8-6-9-22(16-21)34-15-13-27(34)37/h4-6,8-9,11-12,16,20,23,26,29,36H,7,10,13-15,17-19H2,1-3H3/t20-,23+,26+,29-,31+/m1/s1. The second-order valence-corrected chi connectivity index (χ2v) is 16.2. The average molecular weight is 580 g/mol. The Morgan fingerprint density at radius 2 is 1.93 bits per heavy atom. The van der Waals surface area contributed by atoms with Crippen LogP contribution in [0.25, 0.3) is 0 Å². The summed E-state index contributed by atoms with van der Waals surface area (Å²) in [4.78, 5) is 45.1. The van der Waals surface area contributed by atoms with Crippen molar-refractivity contribution >= 4 is 37.5 Å². The number of hydrogen-bond donors (Lipinski definition) is 1. The van der Waals surface area contributed by atoms with Crippen molar-refractivity contribution in [3.63, 3.8) is 0 Å². The van der Waals surface area contributed by atoms with E-state index in [0.717, 1.165) is 29.8 Å². The molecule has 6 rings (SSSR count). The van der Waals surface area contributed by atoms with E-state index in [2.05, 4.69) is 0 Å². The molecule has 0 saturated carbocycles. The van der Waals surface area contributed by atoms with Crippen LogP contribution in [0.3, 0.4) is 0 Å². The molecular formula is C31H38FN3O5Si. The van der Waals surface area contributed by atoms with Crippen molar-refractivity contribution in [3.05, 3.63) is 59.7 Å². The molecule has 1 spiro atoms. The minimum atomic E-state index is -3.40. The molecule has 218 valence electrons. The lowest BCUT2D eigenvalue weighted by Gasteiger charge is -2.32. The molecule has 3 saturated heterocycles. The number of carbonyl (C=O) groups is 3. The van der Waals surface area contributed by atoms with Gasteiger partial charge in [-0.3, -0.25) is 14.4 Å². The SMILES string of the molecule is C[C@@H]1[C@@H]([Si](C)(C)F)[C@H](CC(=O)N2CCC[C@H]2CO)O[C@@]12C(=O)N(Cc1cccc(N3CCC3=O)c1)c1ccccc12. The summed E-state index contributed by atoms with van der Waals surface area (Å²) in [6, 6.07) is 14.9. The number of para-hydroxylation sites is 1. The fourth-order valence-electron chi connectivity index (χ4n) is 7.59. The molecule has 3 fully saturated rings. The number of fused-ring (bicyclic) bond motifs is 2. The number of benzene rings is 2. The molecule has 4 aliphatic rings. The Balaban J connectivity index is 1.33. The van der Waals surface area contributed by atoms with Crippen LogP contribution in [0.15, 0.2) is 48.5 Å². The van der Waals surface area contributed by atoms with E-state index in [-0.39, 0.29) is 43.3 Å². The highest BCUT2D eigenvalue weighted by Gasteiger charge is 2.67. The van der Waals surface area contributed by atoms with Gasteiger partial charge in [0.1, 0.15) is 0 Å². The van der Waals surface area contributed by atoms with Gasteiger partial charge < -0.3 is 28.7 Å². The van der Waals surface area contributed by atoms with Crippen molar-refractivity contribution in [1.82, 2.24) is 4.90 Å². The fraction of sp³-hybridized carbons (Fsp3) is 0.516. The average Bonchev–Trinajstić information content (AvgIpc) is 3.59. The predicted octanol–water partition coefficient (Wildman–Crippen LogP) is 4.12. The highest BCUT2D eigenvalue weighted by Crippen LogP contribution is 2.60. The van der Waals surface area contributed by atoms with Crippen LogP contribution in [-0.4, -0.2) is 68.0 Å². The predicted molar refractivity (Wildman–Crippen MR) is 156 cm³/mol. The van der Waals surface area contributed by atoms with Gasteiger partial charge in [-0.25, -0.2) is 0 Å². The lowest BCUT2D eigenvalue weighted by atomic mass is 9.82. The zero-order chi connectivity index (χ0) is 29.1. The number of hydrogen-bond acceptors (Lipinski definition) is 5. The van der Waals surface area contributed by atoms with E-state index in [1.807, 2.05) is 55.5 Å². The maximum atomic E-state index is 16.1. The smallest absolute Gasteiger partial charge is 0.264 e. The van der Waals surface area contributed by atoms with Crippen LogP contribution in [0.5, 0.6) is 0 Å². The number of aliphatic hydroxyl groups is 1. The van der Waals surface area contributed by atoms with Crippen molar-refractivity contribution < 1.29 is 28.3 Å². The molecule has 5 atom stereocenters. The van der Waals surface area contributed by atoms with Crippen LogP contribution in [0.4, 0.5) is 15.5 Å². The molecule has 10 heteroatoms. The summed E-state index contributed by atoms with van der Waals surface area (Å²) in [7, 11) is -3.40. The van der Waals surface area contributed by atoms with Gasteiger partial charge in [0.25, 0.3) is 5.91 Å². The first kappa shape index (κ1) is 28.1. The maximum absolute atomic E-state index is 16.1. The largest absolute Gasteiger partial charge is 0.394 e. The van der Waals surface area contributed by atoms with Gasteiger partial charge in [0.2, 0.25) is 20.2 Å². The zero-order valence-corrected chi connectivity index (χ0v) is 24.9. The third kappa shape index (κ3) is 4.51. The molecule has 4 heterocycles. The molecule has 4 aliphatic heterocycles. The van der Waals surface area contributed by atoms with Gasteiger partial charge in [0.15, 0.2) is 5.60 Å². The number of aliphatic hydroxyl groups excluding tert-OH is 1. The van der Waals surface area contributed by atoms with Gasteiger partial charge in [-0.2, -0.15) is 0 Å². The second-order valence-electron chi connectivity index (χ2n) is 12.4. The van der Waals surface area contributed by atoms with Crippen LogP contribution < -0.4 is 9.80 Å². The van der Waals surface area contributed by atoms with Gasteiger partial charge in [-0.05, 0) is 49.7 Å². The number of likely N-dealkylation sites (tertiary alicyclic amines) is 1. The Morgan fingerprint density at radius 1 is 1.15 bits per heavy atom. The lowest BCUT2D eigenvalue weighted by molar-refractivity contribution is -0.150. The molecular weight excluding hydrogens is 541 g/mol. The molecule has 1 N–H and O–H groups in total. The summed E-state index contributed by atoms with van der Waals surface area (Å²) < 4.78 is 22.8. The minimum absolute atomic E-state index is 0.0189. The van der Waals surface area contributed by atoms with Crippen molar-refractivity contribution in [1.29, 1.82) is 0 Å². The van der Waals surface area contributed by atoms with E-state index in [4.69, 9.17) is 4.74 Å². The number of amides is 3. The van der Waals surface area contributed by atoms with Gasteiger partial charge in [-0.15, -0.1) is 0 Å². The topological polar surface area (TPSA) is 90.4 Å². The van der Waals surface area contributed by atoms with Crippen LogP contribution in [-0.2, 0) is 31.3 Å². The Hall–Kier alpha value is -3.08. The van der Waals surface area contributed by atoms with Crippen LogP contribution in [0.2, 0.25) is 18.6 Å². The number of carbonyl (C=O) groups excluding carboxylic acids is 3. The van der Waals surface area contributed by atoms with Gasteiger partial charge in [0, 0.05) is 42.2 Å². The molecule has 0 unspecified atom stereocenters. The summed E-state index contributed by atoms with van der Waals surface area (Å²) in [6.07, 6.45) is 1.34. The van der Waals surface area contributed by atoms with Crippen molar-refractivity contribution in [2.75, 3.05) is 29.5 Å². The Morgan fingerprint density at radius 3 is 2.61 bits per heavy atom. The highest BCUT2D eigenvalue weighted by molar-refractivity contribution is 6.72. The third-order valence-corrected chi connectivity index (χ3v) is 12.0. The van der Waals surface area contributed by atoms with E-state index in [9.17, 15) is 19.5 Å². The molecule has 2 aromatic rings. The summed E-state index contributed by atoms with van der Waals surface area (Å²) in [5.41, 5.74) is 1.15. The van der Waals surface area contributed by atoms with Crippen molar-refractivity contribution in [2.45, 2.75) is 75.5 Å². The van der Waals surface area contributed by atoms with Gasteiger partial charge in [0.05, 0.1) is 37.4 Å². The number of anilines is 2. The van der Waals surface area contributed by atoms with Crippen molar-refractivity contribution in [2.24, 2.45) is 5.92 Å². The summed E-state index contributed by atoms with van der Waals surface area (Å²) in [5.74, 6) is -0.806. The molecule has 0 aromatic heterocycles. The van der Waals surface area contributed by atoms with E-state index in [1.165, 1.54) is 0 Å². The Kier molecular flexibility index (Phi) is 7.06. The summed E-state index contributed by atoms with van der Waals surface area (Å²) in [6.45, 7) is 6.58. The molecule has 0 aliphatic carbocycles. The number of rotatable bonds is 7. The van der Waals surface area contributed by atoms with Crippen LogP contribution in [0, 0.1) is 5.92 Å². The molecule has 2 aromatic carbocycles. The number of ether oxygens (including phenoxy) is 1. The first-order chi connectivity index (χ1) is 19.6. The fourth-order valence-corrected chi connectivity index (χ4v) is 10.1. The minimum Gasteiger partial charge on any atom is -0.394 e. The molecule has 3 amide bonds. The summed E-state index contributed by atoms with van der Waals surface area (Å²) in [5, 5.41) is 9.76. The molecule has 0 radical (unpaired) electrons. The van der Waals surface area contributed by atoms with Crippen molar-refractivity contribution in [3.8, 4) is 0 Å². The zero-order valence-electron chi connectivity index (χ0n) is 23.9. The van der Waals surface area contributed by atoms with E-state index >= 15 is 4.11 Å². The van der Waals surface area contributed by atoms with E-state index in [1.54, 1.807) is 27.8 Å². The summed E-state index contributed by atoms with van der Waals surface area (Å²) >= 11 is 0. The third-order valence-electron chi connectivity index (χ3n) is 9.57. The number of β-lactam (4-membered cyclic amide) rings is 1. The normalized spacial score (nSPS) is 29.4. The molecule has 41 heavy (non-hydrogen) atoms. The van der Waals surface area contributed by atoms with E-state index in [0.29, 0.717) is 25.1 Å². The monoisotopic (exact) mass is 579 g/mol. The lowest BCUT2D eigenvalue weighted by Crippen LogP contribution is -2.45. The highest BCUT2D eigenvalue weighted by atomic mass is 28.4. The quantitative estimate of drug-likeness (QED) is 0.303. The molecule has 0 bridgehead atoms. The Bertz CT molecular complexity index is 1380. The number of nitrogens with zero attached hydrogens (tertiary/aromatic N) is 3. The first-order valence-electron chi connectivity index (χ1n) is 14.6. The molecule has 8 nitrogen and oxygen atoms in total. The van der Waals surface area contributed by atoms with E-state index < -0.39 is 31.6 Å². The van der Waals surface area contributed by atoms with Crippen LogP contribution >= 0.6 is 0 Å². The number of halogens is 1. The van der Waals surface area contributed by atoms with Gasteiger partial charge >= 0.3 is 0 Å². The van der Waals surface area contributed by atoms with Crippen LogP contribution in [0.1, 0.15) is 43.7 Å². The first-order valence-corrected chi connectivity index (χ1v) is 17.6. The maximum Gasteiger partial charge on any atom is 0.264 e. The Labute approximate surface area is 241 Å². The second kappa shape index (κ2) is 10.3.